The Bertz CT molecular complexity index is 2540. The molecular weight excluding hydrogens is 804 g/mol. The number of aliphatic hydroxyl groups is 1. The van der Waals surface area contributed by atoms with E-state index in [-0.39, 0.29) is 12.1 Å². The maximum Gasteiger partial charge on any atom is 0.410 e. The number of halogens is 1. The van der Waals surface area contributed by atoms with Crippen molar-refractivity contribution >= 4 is 33.3 Å². The fourth-order valence-electron chi connectivity index (χ4n) is 7.95. The van der Waals surface area contributed by atoms with Gasteiger partial charge in [-0.1, -0.05) is 73.2 Å². The molecule has 1 amide bonds. The summed E-state index contributed by atoms with van der Waals surface area (Å²) in [5.74, 6) is 0. The predicted molar refractivity (Wildman–Crippen MR) is 235 cm³/mol. The second-order valence-electron chi connectivity index (χ2n) is 16.5. The number of likely N-dealkylation sites (tertiary alicyclic amines) is 1. The lowest BCUT2D eigenvalue weighted by Gasteiger charge is -2.37. The van der Waals surface area contributed by atoms with E-state index in [4.69, 9.17) is 9.72 Å². The molecule has 304 valence electrons. The van der Waals surface area contributed by atoms with E-state index >= 15 is 0 Å². The molecule has 2 saturated heterocycles. The fourth-order valence-corrected chi connectivity index (χ4v) is 8.32. The number of piperidine rings is 2. The number of nitrogens with one attached hydrogen (secondary N) is 1. The van der Waals surface area contributed by atoms with Crippen LogP contribution in [-0.4, -0.2) is 64.0 Å². The second-order valence-corrected chi connectivity index (χ2v) is 17.4. The van der Waals surface area contributed by atoms with Crippen LogP contribution in [-0.2, 0) is 4.74 Å². The quantitative estimate of drug-likeness (QED) is 0.170. The Labute approximate surface area is 353 Å². The van der Waals surface area contributed by atoms with Gasteiger partial charge in [0.05, 0.1) is 29.0 Å². The molecule has 0 aliphatic carbocycles. The zero-order valence-corrected chi connectivity index (χ0v) is 35.6. The second kappa shape index (κ2) is 17.4. The molecule has 2 aliphatic heterocycles. The van der Waals surface area contributed by atoms with Crippen molar-refractivity contribution in [3.8, 4) is 33.4 Å². The Kier molecular flexibility index (Phi) is 11.9. The van der Waals surface area contributed by atoms with E-state index in [1.807, 2.05) is 85.4 Å². The summed E-state index contributed by atoms with van der Waals surface area (Å²) in [6, 6.07) is 25.6. The lowest BCUT2D eigenvalue weighted by Crippen LogP contribution is -2.41. The molecule has 4 aromatic heterocycles. The summed E-state index contributed by atoms with van der Waals surface area (Å²) in [6.45, 7) is 9.32. The molecule has 12 heteroatoms. The Morgan fingerprint density at radius 2 is 1.42 bits per heavy atom. The first-order valence-electron chi connectivity index (χ1n) is 20.5. The van der Waals surface area contributed by atoms with Gasteiger partial charge in [-0.05, 0) is 122 Å². The normalized spacial score (nSPS) is 17.7. The summed E-state index contributed by atoms with van der Waals surface area (Å²) in [7, 11) is 0. The molecule has 9 rings (SSSR count). The van der Waals surface area contributed by atoms with Gasteiger partial charge in [0.25, 0.3) is 0 Å². The van der Waals surface area contributed by atoms with Crippen molar-refractivity contribution in [2.75, 3.05) is 13.1 Å². The van der Waals surface area contributed by atoms with Gasteiger partial charge in [0.15, 0.2) is 11.3 Å². The van der Waals surface area contributed by atoms with Gasteiger partial charge in [-0.3, -0.25) is 0 Å². The van der Waals surface area contributed by atoms with Gasteiger partial charge in [0.1, 0.15) is 5.60 Å². The molecule has 2 N–H and O–H groups in total. The molecule has 2 fully saturated rings. The number of aliphatic hydroxyl groups excluding tert-OH is 1. The monoisotopic (exact) mass is 854 g/mol. The number of carbonyl (C=O) groups is 1. The Morgan fingerprint density at radius 1 is 0.780 bits per heavy atom. The lowest BCUT2D eigenvalue weighted by molar-refractivity contribution is 0.00951. The molecule has 59 heavy (non-hydrogen) atoms. The summed E-state index contributed by atoms with van der Waals surface area (Å²) in [4.78, 5) is 23.8. The third-order valence-corrected chi connectivity index (χ3v) is 11.6. The molecule has 6 heterocycles. The molecule has 3 unspecified atom stereocenters. The van der Waals surface area contributed by atoms with Crippen molar-refractivity contribution in [2.24, 2.45) is 0 Å². The third-order valence-electron chi connectivity index (χ3n) is 11.1. The van der Waals surface area contributed by atoms with Gasteiger partial charge in [0, 0.05) is 54.1 Å². The molecular formula is C47H51BrN8O3. The predicted octanol–water partition coefficient (Wildman–Crippen LogP) is 10.6. The zero-order chi connectivity index (χ0) is 41.1. The van der Waals surface area contributed by atoms with Crippen LogP contribution in [0.5, 0.6) is 0 Å². The average molecular weight is 856 g/mol. The first kappa shape index (κ1) is 40.4. The average Bonchev–Trinajstić information content (AvgIpc) is 3.86. The number of hydrogen-bond acceptors (Lipinski definition) is 8. The van der Waals surface area contributed by atoms with E-state index in [0.29, 0.717) is 6.04 Å². The van der Waals surface area contributed by atoms with E-state index in [0.717, 1.165) is 92.6 Å². The van der Waals surface area contributed by atoms with Gasteiger partial charge in [-0.2, -0.15) is 10.2 Å². The van der Waals surface area contributed by atoms with Crippen molar-refractivity contribution in [1.82, 2.24) is 39.4 Å². The smallest absolute Gasteiger partial charge is 0.410 e. The van der Waals surface area contributed by atoms with Gasteiger partial charge in [-0.15, -0.1) is 0 Å². The molecule has 0 spiro atoms. The first-order chi connectivity index (χ1) is 28.5. The van der Waals surface area contributed by atoms with Crippen LogP contribution in [0, 0.1) is 0 Å². The highest BCUT2D eigenvalue weighted by Gasteiger charge is 2.31. The number of hydrogen-bond donors (Lipinski definition) is 2. The molecule has 0 radical (unpaired) electrons. The van der Waals surface area contributed by atoms with Crippen molar-refractivity contribution in [3.63, 3.8) is 0 Å². The summed E-state index contributed by atoms with van der Waals surface area (Å²) in [6.07, 6.45) is 17.5. The largest absolute Gasteiger partial charge is 0.444 e. The van der Waals surface area contributed by atoms with Gasteiger partial charge < -0.3 is 20.1 Å². The number of nitrogens with zero attached hydrogens (tertiary/aromatic N) is 7. The van der Waals surface area contributed by atoms with E-state index < -0.39 is 11.7 Å². The number of fused-ring (bicyclic) bond motifs is 2. The van der Waals surface area contributed by atoms with E-state index in [1.54, 1.807) is 17.6 Å². The molecule has 0 bridgehead atoms. The maximum atomic E-state index is 12.7. The van der Waals surface area contributed by atoms with Crippen LogP contribution in [0.1, 0.15) is 101 Å². The highest BCUT2D eigenvalue weighted by molar-refractivity contribution is 9.10. The van der Waals surface area contributed by atoms with Crippen LogP contribution >= 0.6 is 15.9 Å². The van der Waals surface area contributed by atoms with Crippen molar-refractivity contribution < 1.29 is 14.6 Å². The van der Waals surface area contributed by atoms with Crippen LogP contribution in [0.25, 0.3) is 44.7 Å². The summed E-state index contributed by atoms with van der Waals surface area (Å²) in [5, 5.41) is 22.3. The van der Waals surface area contributed by atoms with E-state index in [2.05, 4.69) is 85.0 Å². The van der Waals surface area contributed by atoms with Crippen LogP contribution in [0.3, 0.4) is 0 Å². The van der Waals surface area contributed by atoms with E-state index in [9.17, 15) is 9.90 Å². The number of aromatic nitrogens is 6. The highest BCUT2D eigenvalue weighted by Crippen LogP contribution is 2.34. The van der Waals surface area contributed by atoms with E-state index in [1.165, 1.54) is 24.8 Å². The van der Waals surface area contributed by atoms with Gasteiger partial charge in [-0.25, -0.2) is 23.8 Å². The fraction of sp³-hybridized carbons (Fsp3) is 0.340. The minimum atomic E-state index is -0.502. The minimum absolute atomic E-state index is 0.0512. The molecule has 0 saturated carbocycles. The minimum Gasteiger partial charge on any atom is -0.444 e. The number of rotatable bonds is 6. The molecule has 3 atom stereocenters. The Morgan fingerprint density at radius 3 is 2.08 bits per heavy atom. The van der Waals surface area contributed by atoms with Crippen molar-refractivity contribution in [3.05, 3.63) is 131 Å². The summed E-state index contributed by atoms with van der Waals surface area (Å²) >= 11 is 3.45. The van der Waals surface area contributed by atoms with Crippen LogP contribution in [0.4, 0.5) is 4.79 Å². The Balaban J connectivity index is 0.000000164. The molecule has 11 nitrogen and oxygen atoms in total. The molecule has 7 aromatic rings. The third kappa shape index (κ3) is 9.25. The van der Waals surface area contributed by atoms with Crippen LogP contribution in [0.15, 0.2) is 114 Å². The van der Waals surface area contributed by atoms with Crippen molar-refractivity contribution in [1.29, 1.82) is 0 Å². The standard InChI is InChI=1S/C25H26N4O.C22H25BrN4O2/c1-17(30)20-5-4-6-21(13-20)23-15-28-29-16-22(14-27-25(23)29)18-8-10-19(11-9-18)24-7-2-3-12-26-24;1-22(2,3)29-21(28)26-11-5-4-6-19(26)16-9-7-15(8-10-16)17-12-24-20-18(23)13-25-27(20)14-17/h4-6,8-11,13-17,24,26,30H,2-3,7,12H2,1H3;7-10,12-14,19H,4-6,11H2,1-3H3. The highest BCUT2D eigenvalue weighted by atomic mass is 79.9. The SMILES string of the molecule is CC(C)(C)OC(=O)N1CCCCC1c1ccc(-c2cnc3c(Br)cnn3c2)cc1.CC(O)c1cccc(-c2cnn3cc(-c4ccc(C5CCCCN5)cc4)cnc23)c1. The Hall–Kier alpha value is -5.43. The topological polar surface area (TPSA) is 122 Å². The first-order valence-corrected chi connectivity index (χ1v) is 21.3. The zero-order valence-electron chi connectivity index (χ0n) is 34.1. The number of ether oxygens (including phenoxy) is 1. The lowest BCUT2D eigenvalue weighted by atomic mass is 9.94. The van der Waals surface area contributed by atoms with Crippen LogP contribution < -0.4 is 5.32 Å². The van der Waals surface area contributed by atoms with Crippen molar-refractivity contribution in [2.45, 2.75) is 90.0 Å². The number of benzene rings is 3. The number of amides is 1. The maximum absolute atomic E-state index is 12.7. The number of carbonyl (C=O) groups excluding carboxylic acids is 1. The van der Waals surface area contributed by atoms with Gasteiger partial charge in [0.2, 0.25) is 0 Å². The summed E-state index contributed by atoms with van der Waals surface area (Å²) in [5.41, 5.74) is 10.7. The molecule has 3 aromatic carbocycles. The molecule has 2 aliphatic rings. The van der Waals surface area contributed by atoms with Crippen LogP contribution in [0.2, 0.25) is 0 Å². The summed E-state index contributed by atoms with van der Waals surface area (Å²) < 4.78 is 10.1. The van der Waals surface area contributed by atoms with Gasteiger partial charge >= 0.3 is 6.09 Å².